The van der Waals surface area contributed by atoms with Crippen LogP contribution in [0, 0.1) is 24.7 Å². The molecule has 1 aliphatic rings. The van der Waals surface area contributed by atoms with Crippen molar-refractivity contribution < 1.29 is 90.6 Å². The zero-order chi connectivity index (χ0) is 99.1. The molecule has 43 heteroatoms. The van der Waals surface area contributed by atoms with Crippen molar-refractivity contribution in [3.8, 4) is 5.75 Å². The van der Waals surface area contributed by atoms with Crippen LogP contribution in [0.15, 0.2) is 96.6 Å². The molecular weight excluding hydrogens is 1820 g/mol. The second-order valence-electron chi connectivity index (χ2n) is 32.8. The molecule has 0 bridgehead atoms. The number of nitrogens with zero attached hydrogens (tertiary/aromatic N) is 10. The number of unbranched alkanes of at least 4 members (excludes halogenated alkanes) is 12. The molecule has 0 saturated heterocycles. The van der Waals surface area contributed by atoms with Crippen molar-refractivity contribution in [1.29, 1.82) is 10.8 Å². The largest absolute Gasteiger partial charge is 0.491 e. The third-order valence-corrected chi connectivity index (χ3v) is 23.2. The van der Waals surface area contributed by atoms with E-state index in [1.807, 2.05) is 26.0 Å². The molecule has 0 unspecified atom stereocenters. The maximum absolute atomic E-state index is 13.6. The number of amides is 10. The van der Waals surface area contributed by atoms with E-state index in [4.69, 9.17) is 64.6 Å². The Bertz CT molecular complexity index is 5350. The summed E-state index contributed by atoms with van der Waals surface area (Å²) >= 11 is 7.72. The summed E-state index contributed by atoms with van der Waals surface area (Å²) < 4.78 is 57.7. The van der Waals surface area contributed by atoms with Crippen LogP contribution >= 0.6 is 22.9 Å². The topological polar surface area (TPSA) is 501 Å². The van der Waals surface area contributed by atoms with Crippen molar-refractivity contribution in [2.24, 2.45) is 40.2 Å². The number of rotatable bonds is 65. The van der Waals surface area contributed by atoms with Crippen LogP contribution in [0.4, 0.5) is 39.5 Å². The van der Waals surface area contributed by atoms with Gasteiger partial charge in [0.2, 0.25) is 47.0 Å². The van der Waals surface area contributed by atoms with Gasteiger partial charge in [-0.15, -0.1) is 11.3 Å². The second-order valence-corrected chi connectivity index (χ2v) is 34.4. The van der Waals surface area contributed by atoms with Crippen LogP contribution in [0.2, 0.25) is 5.02 Å². The van der Waals surface area contributed by atoms with Crippen molar-refractivity contribution in [3.63, 3.8) is 0 Å². The van der Waals surface area contributed by atoms with Gasteiger partial charge in [-0.2, -0.15) is 0 Å². The number of imidazole rings is 3. The first-order valence-corrected chi connectivity index (χ1v) is 47.9. The van der Waals surface area contributed by atoms with Crippen molar-refractivity contribution >= 4 is 139 Å². The smallest absolute Gasteiger partial charge is 0.291 e. The molecule has 0 aliphatic carbocycles. The molecular formula is C95H133ClN22O19S. The monoisotopic (exact) mass is 1950 g/mol. The Morgan fingerprint density at radius 1 is 0.435 bits per heavy atom. The Hall–Kier alpha value is -12.4. The SMILES string of the molecule is CCCCCCCCCCCCCCCC(=O)Nc1cn(C)c(C(=O)Nc2cc(C(=O)NCCC(=O)Nc3cn(C)c(C(=O)Nc4ccn(C)c4C(=O)NCCC(=O)Nc4cn(C)c(C(=O)NCCC(=O)NCCOCCOCCOCCOCCOCCOCCOCCOCCOc5ccc(NC(=O)C[C@@H]6N=C(c7ccc(Cl)cc7)c7c(sc(C)c7C)N(C(C)=N)C6=N)cc5)n4)n3)n(C)c2)n1. The number of halogens is 1. The van der Waals surface area contributed by atoms with Gasteiger partial charge in [0.05, 0.1) is 129 Å². The van der Waals surface area contributed by atoms with E-state index in [-0.39, 0.29) is 140 Å². The first-order valence-electron chi connectivity index (χ1n) is 46.7. The third kappa shape index (κ3) is 36.8. The number of anilines is 7. The highest BCUT2D eigenvalue weighted by Crippen LogP contribution is 2.41. The molecule has 0 radical (unpaired) electrons. The third-order valence-electron chi connectivity index (χ3n) is 21.8. The average molecular weight is 1950 g/mol. The number of fused-ring (bicyclic) bond motifs is 1. The quantitative estimate of drug-likeness (QED) is 0.00957. The van der Waals surface area contributed by atoms with E-state index in [9.17, 15) is 53.4 Å². The molecule has 8 aromatic rings. The summed E-state index contributed by atoms with van der Waals surface area (Å²) in [5, 5.41) is 46.2. The Balaban J connectivity index is 0.517. The lowest BCUT2D eigenvalue weighted by Gasteiger charge is -2.24. The fourth-order valence-electron chi connectivity index (χ4n) is 14.5. The number of carbonyl (C=O) groups excluding carboxylic acids is 10. The van der Waals surface area contributed by atoms with Gasteiger partial charge < -0.3 is 119 Å². The van der Waals surface area contributed by atoms with Gasteiger partial charge in [0, 0.05) is 145 Å². The van der Waals surface area contributed by atoms with Gasteiger partial charge in [0.25, 0.3) is 29.5 Å². The molecule has 12 N–H and O–H groups in total. The number of nitrogens with one attached hydrogen (secondary N) is 12. The van der Waals surface area contributed by atoms with Crippen LogP contribution in [0.5, 0.6) is 5.75 Å². The molecule has 6 aromatic heterocycles. The van der Waals surface area contributed by atoms with Crippen LogP contribution in [0.25, 0.3) is 0 Å². The summed E-state index contributed by atoms with van der Waals surface area (Å²) in [7, 11) is 7.96. The first-order chi connectivity index (χ1) is 66.6. The van der Waals surface area contributed by atoms with Crippen LogP contribution in [-0.4, -0.2) is 259 Å². The number of aryl methyl sites for hydroxylation is 6. The minimum atomic E-state index is -0.861. The van der Waals surface area contributed by atoms with Gasteiger partial charge in [-0.05, 0) is 81.3 Å². The molecule has 41 nitrogen and oxygen atoms in total. The fraction of sp³-hybridized carbons (Fsp3) is 0.516. The zero-order valence-corrected chi connectivity index (χ0v) is 81.9. The molecule has 0 fully saturated rings. The Labute approximate surface area is 812 Å². The minimum absolute atomic E-state index is 0.00493. The highest BCUT2D eigenvalue weighted by Gasteiger charge is 2.36. The van der Waals surface area contributed by atoms with Crippen molar-refractivity contribution in [2.45, 2.75) is 149 Å². The molecule has 10 amide bonds. The summed E-state index contributed by atoms with van der Waals surface area (Å²) in [5.74, 6) is -3.74. The van der Waals surface area contributed by atoms with E-state index in [0.29, 0.717) is 140 Å². The number of benzene rings is 2. The van der Waals surface area contributed by atoms with E-state index < -0.39 is 47.4 Å². The number of amidine groups is 2. The highest BCUT2D eigenvalue weighted by molar-refractivity contribution is 7.17. The predicted octanol–water partition coefficient (Wildman–Crippen LogP) is 10.8. The maximum Gasteiger partial charge on any atom is 0.291 e. The van der Waals surface area contributed by atoms with Crippen LogP contribution in [-0.2, 0) is 97.1 Å². The van der Waals surface area contributed by atoms with Crippen molar-refractivity contribution in [2.75, 3.05) is 175 Å². The summed E-state index contributed by atoms with van der Waals surface area (Å²) in [6, 6.07) is 16.4. The lowest BCUT2D eigenvalue weighted by Crippen LogP contribution is -2.41. The van der Waals surface area contributed by atoms with Crippen molar-refractivity contribution in [1.82, 2.24) is 59.1 Å². The Morgan fingerprint density at radius 3 is 1.38 bits per heavy atom. The molecule has 9 rings (SSSR count). The van der Waals surface area contributed by atoms with Gasteiger partial charge >= 0.3 is 0 Å². The van der Waals surface area contributed by atoms with Gasteiger partial charge in [0.1, 0.15) is 46.5 Å². The molecule has 750 valence electrons. The molecule has 1 aliphatic heterocycles. The van der Waals surface area contributed by atoms with Crippen LogP contribution in [0.1, 0.15) is 204 Å². The van der Waals surface area contributed by atoms with Gasteiger partial charge in [0.15, 0.2) is 17.5 Å². The number of hydrogen-bond donors (Lipinski definition) is 12. The predicted molar refractivity (Wildman–Crippen MR) is 526 cm³/mol. The fourth-order valence-corrected chi connectivity index (χ4v) is 15.9. The number of ether oxygens (including phenoxy) is 9. The normalized spacial score (nSPS) is 12.3. The van der Waals surface area contributed by atoms with Crippen LogP contribution < -0.4 is 62.8 Å². The lowest BCUT2D eigenvalue weighted by atomic mass is 9.99. The second kappa shape index (κ2) is 59.0. The van der Waals surface area contributed by atoms with E-state index in [1.165, 1.54) is 130 Å². The van der Waals surface area contributed by atoms with Gasteiger partial charge in [-0.3, -0.25) is 68.7 Å². The van der Waals surface area contributed by atoms with Gasteiger partial charge in [-0.1, -0.05) is 108 Å². The average Bonchev–Trinajstić information content (AvgIpc) is 1.60. The van der Waals surface area contributed by atoms with E-state index in [0.717, 1.165) is 45.8 Å². The number of hydrogen-bond acceptors (Lipinski definition) is 26. The summed E-state index contributed by atoms with van der Waals surface area (Å²) in [6.07, 6.45) is 23.1. The Morgan fingerprint density at radius 2 is 0.877 bits per heavy atom. The number of carbonyl (C=O) groups is 10. The zero-order valence-electron chi connectivity index (χ0n) is 80.3. The minimum Gasteiger partial charge on any atom is -0.491 e. The van der Waals surface area contributed by atoms with Crippen LogP contribution in [0.3, 0.4) is 0 Å². The highest BCUT2D eigenvalue weighted by atomic mass is 35.5. The number of aromatic nitrogens is 8. The summed E-state index contributed by atoms with van der Waals surface area (Å²) in [4.78, 5) is 152. The maximum atomic E-state index is 13.6. The molecule has 1 atom stereocenters. The lowest BCUT2D eigenvalue weighted by molar-refractivity contribution is -0.121. The summed E-state index contributed by atoms with van der Waals surface area (Å²) in [5.41, 5.74) is 4.55. The van der Waals surface area contributed by atoms with E-state index in [1.54, 1.807) is 95.0 Å². The van der Waals surface area contributed by atoms with E-state index >= 15 is 0 Å². The standard InChI is InChI=1S/C95H133ClN22O19S/c1-10-11-12-13-14-15-16-17-18-19-20-21-22-23-79(120)107-75-62-116(8)88(111-75)93(127)104-70-58-74(114(6)60-70)90(124)100-37-33-80(121)109-77-63-117(9)89(112-77)94(128)106-72-35-40-113(5)85(72)91(125)101-38-34-81(122)108-76-61-115(7)87(110-76)92(126)102-36-32-78(119)99-39-41-129-42-43-130-44-45-131-46-47-132-48-49-133-50-51-134-52-53-135-54-55-136-56-57-137-71-30-28-69(29-31-71)103-82(123)59-73-86(98)118(66(4)97)95-83(64(2)65(3)138-95)84(105-73)67-24-26-68(96)27-25-67/h24-31,35,40,58,60-63,73,97-98H,10-23,32-34,36-39,41-57,59H2,1-9H3,(H,99,119)(H,100,124)(H,101,125)(H,102,126)(H,103,123)(H,104,127)(H,106,128)(H,107,120)(H,108,122)(H,109,121)/t73-/m0/s1. The molecule has 0 spiro atoms. The first kappa shape index (κ1) is 109. The molecule has 7 heterocycles. The van der Waals surface area contributed by atoms with E-state index in [2.05, 4.69) is 75.0 Å². The Kier molecular flexibility index (Phi) is 46.7. The molecule has 0 saturated carbocycles. The van der Waals surface area contributed by atoms with Gasteiger partial charge in [-0.25, -0.2) is 15.0 Å². The molecule has 2 aromatic carbocycles. The van der Waals surface area contributed by atoms with Crippen molar-refractivity contribution in [3.05, 3.63) is 147 Å². The molecule has 138 heavy (non-hydrogen) atoms. The summed E-state index contributed by atoms with van der Waals surface area (Å²) in [6.45, 7) is 14.2. The number of aliphatic imine (C=N–C) groups is 1. The number of thiophene rings is 1.